The Morgan fingerprint density at radius 1 is 1.19 bits per heavy atom. The zero-order valence-electron chi connectivity index (χ0n) is 17.8. The minimum absolute atomic E-state index is 0.146. The van der Waals surface area contributed by atoms with Crippen molar-refractivity contribution in [1.29, 1.82) is 10.5 Å². The summed E-state index contributed by atoms with van der Waals surface area (Å²) in [5, 5.41) is 19.3. The quantitative estimate of drug-likeness (QED) is 0.820. The van der Waals surface area contributed by atoms with Gasteiger partial charge in [-0.05, 0) is 48.8 Å². The average molecular weight is 413 g/mol. The Balaban J connectivity index is 1.85. The van der Waals surface area contributed by atoms with E-state index in [0.29, 0.717) is 30.0 Å². The van der Waals surface area contributed by atoms with Gasteiger partial charge in [0.1, 0.15) is 23.7 Å². The van der Waals surface area contributed by atoms with Crippen LogP contribution in [0.3, 0.4) is 0 Å². The Morgan fingerprint density at radius 3 is 2.58 bits per heavy atom. The van der Waals surface area contributed by atoms with Crippen LogP contribution in [0.25, 0.3) is 17.2 Å². The second-order valence-corrected chi connectivity index (χ2v) is 7.53. The number of nitriles is 2. The van der Waals surface area contributed by atoms with Crippen molar-refractivity contribution in [3.63, 3.8) is 0 Å². The lowest BCUT2D eigenvalue weighted by Gasteiger charge is -2.29. The highest BCUT2D eigenvalue weighted by Gasteiger charge is 2.30. The van der Waals surface area contributed by atoms with Crippen LogP contribution < -0.4 is 15.4 Å². The summed E-state index contributed by atoms with van der Waals surface area (Å²) in [7, 11) is 1.65. The molecule has 31 heavy (non-hydrogen) atoms. The number of morpholine rings is 1. The number of allylic oxidation sites excluding steroid dienone is 3. The molecule has 1 aromatic carbocycles. The maximum atomic E-state index is 9.74. The molecule has 0 bridgehead atoms. The number of rotatable bonds is 3. The Morgan fingerprint density at radius 2 is 1.94 bits per heavy atom. The highest BCUT2D eigenvalue weighted by atomic mass is 16.5. The monoisotopic (exact) mass is 413 g/mol. The second-order valence-electron chi connectivity index (χ2n) is 7.53. The van der Waals surface area contributed by atoms with Gasteiger partial charge < -0.3 is 20.1 Å². The number of aromatic nitrogens is 1. The molecule has 1 saturated heterocycles. The van der Waals surface area contributed by atoms with Gasteiger partial charge in [0.05, 0.1) is 37.2 Å². The first-order valence-electron chi connectivity index (χ1n) is 10.0. The van der Waals surface area contributed by atoms with Crippen LogP contribution >= 0.6 is 0 Å². The fourth-order valence-electron chi connectivity index (χ4n) is 4.19. The van der Waals surface area contributed by atoms with E-state index < -0.39 is 0 Å². The molecule has 2 aliphatic rings. The van der Waals surface area contributed by atoms with Gasteiger partial charge in [0, 0.05) is 36.0 Å². The SMILES string of the molecule is COc1cc(N2CCOCC2)ccc1/C=C1/C(C)=C(C#N)c2nc(N)c(C#N)c(C)c21. The third-order valence-electron chi connectivity index (χ3n) is 5.88. The van der Waals surface area contributed by atoms with Crippen molar-refractivity contribution >= 4 is 28.7 Å². The average Bonchev–Trinajstić information content (AvgIpc) is 3.05. The van der Waals surface area contributed by atoms with Gasteiger partial charge in [0.2, 0.25) is 0 Å². The summed E-state index contributed by atoms with van der Waals surface area (Å²) < 4.78 is 11.1. The molecule has 7 heteroatoms. The summed E-state index contributed by atoms with van der Waals surface area (Å²) in [6.07, 6.45) is 1.99. The summed E-state index contributed by atoms with van der Waals surface area (Å²) in [6.45, 7) is 6.84. The zero-order chi connectivity index (χ0) is 22.1. The third kappa shape index (κ3) is 3.39. The van der Waals surface area contributed by atoms with Crippen LogP contribution in [0, 0.1) is 29.6 Å². The predicted octanol–water partition coefficient (Wildman–Crippen LogP) is 3.54. The molecule has 2 N–H and O–H groups in total. The minimum Gasteiger partial charge on any atom is -0.496 e. The second kappa shape index (κ2) is 8.14. The van der Waals surface area contributed by atoms with E-state index in [1.807, 2.05) is 32.1 Å². The summed E-state index contributed by atoms with van der Waals surface area (Å²) in [6, 6.07) is 10.5. The number of nitrogens with zero attached hydrogens (tertiary/aromatic N) is 4. The molecule has 0 atom stereocenters. The molecule has 0 unspecified atom stereocenters. The molecule has 1 aliphatic carbocycles. The van der Waals surface area contributed by atoms with E-state index >= 15 is 0 Å². The van der Waals surface area contributed by atoms with Crippen molar-refractivity contribution in [1.82, 2.24) is 4.98 Å². The normalized spacial score (nSPS) is 16.8. The minimum atomic E-state index is 0.146. The number of hydrogen-bond acceptors (Lipinski definition) is 7. The molecule has 1 aromatic heterocycles. The van der Waals surface area contributed by atoms with Crippen molar-refractivity contribution in [2.24, 2.45) is 0 Å². The molecule has 0 amide bonds. The number of pyridine rings is 1. The number of ether oxygens (including phenoxy) is 2. The zero-order valence-corrected chi connectivity index (χ0v) is 17.8. The Bertz CT molecular complexity index is 1210. The lowest BCUT2D eigenvalue weighted by atomic mass is 9.95. The van der Waals surface area contributed by atoms with Crippen molar-refractivity contribution in [2.75, 3.05) is 44.0 Å². The number of fused-ring (bicyclic) bond motifs is 1. The number of anilines is 2. The van der Waals surface area contributed by atoms with Gasteiger partial charge in [0.15, 0.2) is 0 Å². The van der Waals surface area contributed by atoms with Crippen molar-refractivity contribution in [2.45, 2.75) is 13.8 Å². The first-order chi connectivity index (χ1) is 15.0. The van der Waals surface area contributed by atoms with Crippen molar-refractivity contribution in [3.05, 3.63) is 51.7 Å². The van der Waals surface area contributed by atoms with Gasteiger partial charge in [0.25, 0.3) is 0 Å². The molecule has 2 heterocycles. The van der Waals surface area contributed by atoms with E-state index in [-0.39, 0.29) is 5.82 Å². The van der Waals surface area contributed by atoms with E-state index in [2.05, 4.69) is 28.1 Å². The van der Waals surface area contributed by atoms with Gasteiger partial charge in [-0.1, -0.05) is 0 Å². The van der Waals surface area contributed by atoms with Crippen LogP contribution in [-0.2, 0) is 4.74 Å². The van der Waals surface area contributed by atoms with Crippen LogP contribution in [0.4, 0.5) is 11.5 Å². The largest absolute Gasteiger partial charge is 0.496 e. The standard InChI is InChI=1S/C24H23N5O2/c1-14-18(22-15(2)20(13-26)24(27)28-23(22)19(14)12-25)10-16-4-5-17(11-21(16)30-3)29-6-8-31-9-7-29/h4-5,10-11H,6-9H2,1-3H3,(H2,27,28)/b18-10-. The molecule has 1 fully saturated rings. The number of benzene rings is 1. The summed E-state index contributed by atoms with van der Waals surface area (Å²) in [4.78, 5) is 6.65. The summed E-state index contributed by atoms with van der Waals surface area (Å²) in [5.74, 6) is 0.880. The van der Waals surface area contributed by atoms with Crippen LogP contribution in [0.1, 0.15) is 34.9 Å². The summed E-state index contributed by atoms with van der Waals surface area (Å²) >= 11 is 0. The molecule has 156 valence electrons. The van der Waals surface area contributed by atoms with Crippen molar-refractivity contribution in [3.8, 4) is 17.9 Å². The van der Waals surface area contributed by atoms with Crippen LogP contribution in [0.5, 0.6) is 5.75 Å². The van der Waals surface area contributed by atoms with E-state index in [0.717, 1.165) is 52.4 Å². The topological polar surface area (TPSA) is 108 Å². The molecule has 2 aromatic rings. The first kappa shape index (κ1) is 20.5. The molecule has 0 spiro atoms. The lowest BCUT2D eigenvalue weighted by Crippen LogP contribution is -2.36. The van der Waals surface area contributed by atoms with E-state index in [9.17, 15) is 10.5 Å². The van der Waals surface area contributed by atoms with Gasteiger partial charge in [-0.25, -0.2) is 4.98 Å². The molecule has 7 nitrogen and oxygen atoms in total. The number of hydrogen-bond donors (Lipinski definition) is 1. The third-order valence-corrected chi connectivity index (χ3v) is 5.88. The van der Waals surface area contributed by atoms with Crippen molar-refractivity contribution < 1.29 is 9.47 Å². The fraction of sp³-hybridized carbons (Fsp3) is 0.292. The van der Waals surface area contributed by atoms with E-state index in [1.165, 1.54) is 0 Å². The Hall–Kier alpha value is -3.81. The predicted molar refractivity (Wildman–Crippen MR) is 120 cm³/mol. The molecule has 0 radical (unpaired) electrons. The highest BCUT2D eigenvalue weighted by Crippen LogP contribution is 2.45. The maximum absolute atomic E-state index is 9.74. The van der Waals surface area contributed by atoms with Gasteiger partial charge in [-0.15, -0.1) is 0 Å². The van der Waals surface area contributed by atoms with E-state index in [4.69, 9.17) is 15.2 Å². The lowest BCUT2D eigenvalue weighted by molar-refractivity contribution is 0.122. The Labute approximate surface area is 181 Å². The van der Waals surface area contributed by atoms with Gasteiger partial charge in [-0.3, -0.25) is 0 Å². The van der Waals surface area contributed by atoms with Gasteiger partial charge >= 0.3 is 0 Å². The van der Waals surface area contributed by atoms with E-state index in [1.54, 1.807) is 7.11 Å². The highest BCUT2D eigenvalue weighted by molar-refractivity contribution is 6.09. The Kier molecular flexibility index (Phi) is 5.37. The first-order valence-corrected chi connectivity index (χ1v) is 10.0. The van der Waals surface area contributed by atoms with Crippen LogP contribution in [0.2, 0.25) is 0 Å². The number of methoxy groups -OCH3 is 1. The molecule has 4 rings (SSSR count). The van der Waals surface area contributed by atoms with Gasteiger partial charge in [-0.2, -0.15) is 10.5 Å². The molecule has 0 saturated carbocycles. The van der Waals surface area contributed by atoms with Crippen LogP contribution in [0.15, 0.2) is 23.8 Å². The molecule has 1 aliphatic heterocycles. The number of nitrogens with two attached hydrogens (primary N) is 1. The summed E-state index contributed by atoms with van der Waals surface area (Å²) in [5.41, 5.74) is 12.5. The maximum Gasteiger partial charge on any atom is 0.142 e. The smallest absolute Gasteiger partial charge is 0.142 e. The number of nitrogen functional groups attached to an aromatic ring is 1. The fourth-order valence-corrected chi connectivity index (χ4v) is 4.19. The van der Waals surface area contributed by atoms with Crippen LogP contribution in [-0.4, -0.2) is 38.4 Å². The molecular weight excluding hydrogens is 390 g/mol. The molecular formula is C24H23N5O2.